The zero-order chi connectivity index (χ0) is 13.3. The van der Waals surface area contributed by atoms with Crippen molar-refractivity contribution in [3.63, 3.8) is 0 Å². The first-order chi connectivity index (χ1) is 8.53. The van der Waals surface area contributed by atoms with Gasteiger partial charge in [-0.1, -0.05) is 29.8 Å². The lowest BCUT2D eigenvalue weighted by atomic mass is 9.61. The van der Waals surface area contributed by atoms with E-state index in [1.54, 1.807) is 0 Å². The molecule has 1 aromatic carbocycles. The summed E-state index contributed by atoms with van der Waals surface area (Å²) >= 11 is 3.44. The second-order valence-corrected chi connectivity index (χ2v) is 5.92. The maximum absolute atomic E-state index is 11.9. The van der Waals surface area contributed by atoms with Crippen molar-refractivity contribution in [2.75, 3.05) is 0 Å². The number of halogens is 1. The third-order valence-electron chi connectivity index (χ3n) is 4.21. The Kier molecular flexibility index (Phi) is 3.81. The quantitative estimate of drug-likeness (QED) is 0.829. The van der Waals surface area contributed by atoms with Gasteiger partial charge in [-0.2, -0.15) is 0 Å². The maximum Gasteiger partial charge on any atom is 0.146 e. The van der Waals surface area contributed by atoms with Crippen molar-refractivity contribution in [1.29, 1.82) is 0 Å². The second kappa shape index (κ2) is 5.04. The largest absolute Gasteiger partial charge is 0.489 e. The van der Waals surface area contributed by atoms with E-state index in [1.807, 2.05) is 25.1 Å². The SMILES string of the molecule is CCC1(CC)C(=O)CC1Oc1ccc(Br)cc1C. The number of ether oxygens (including phenoxy) is 1. The van der Waals surface area contributed by atoms with Crippen LogP contribution >= 0.6 is 15.9 Å². The first kappa shape index (κ1) is 13.6. The molecule has 0 bridgehead atoms. The van der Waals surface area contributed by atoms with Crippen molar-refractivity contribution in [3.05, 3.63) is 28.2 Å². The summed E-state index contributed by atoms with van der Waals surface area (Å²) in [5.41, 5.74) is 0.851. The Morgan fingerprint density at radius 1 is 1.39 bits per heavy atom. The predicted molar refractivity (Wildman–Crippen MR) is 75.9 cm³/mol. The highest BCUT2D eigenvalue weighted by molar-refractivity contribution is 9.10. The van der Waals surface area contributed by atoms with Crippen LogP contribution in [0.4, 0.5) is 0 Å². The number of carbonyl (C=O) groups excluding carboxylic acids is 1. The molecule has 1 fully saturated rings. The fourth-order valence-corrected chi connectivity index (χ4v) is 3.24. The van der Waals surface area contributed by atoms with Crippen molar-refractivity contribution in [2.45, 2.75) is 46.1 Å². The second-order valence-electron chi connectivity index (χ2n) is 5.01. The van der Waals surface area contributed by atoms with E-state index in [0.717, 1.165) is 28.6 Å². The van der Waals surface area contributed by atoms with E-state index < -0.39 is 0 Å². The van der Waals surface area contributed by atoms with E-state index >= 15 is 0 Å². The van der Waals surface area contributed by atoms with Crippen molar-refractivity contribution >= 4 is 21.7 Å². The van der Waals surface area contributed by atoms with Gasteiger partial charge in [-0.15, -0.1) is 0 Å². The van der Waals surface area contributed by atoms with Gasteiger partial charge >= 0.3 is 0 Å². The van der Waals surface area contributed by atoms with Crippen LogP contribution < -0.4 is 4.74 Å². The van der Waals surface area contributed by atoms with Crippen LogP contribution in [0.2, 0.25) is 0 Å². The van der Waals surface area contributed by atoms with Crippen molar-refractivity contribution in [3.8, 4) is 5.75 Å². The molecule has 0 aromatic heterocycles. The van der Waals surface area contributed by atoms with Crippen LogP contribution in [-0.4, -0.2) is 11.9 Å². The highest BCUT2D eigenvalue weighted by Gasteiger charge is 2.53. The molecule has 0 aliphatic heterocycles. The van der Waals surface area contributed by atoms with Crippen molar-refractivity contribution in [1.82, 2.24) is 0 Å². The summed E-state index contributed by atoms with van der Waals surface area (Å²) in [7, 11) is 0. The van der Waals surface area contributed by atoms with E-state index in [9.17, 15) is 4.79 Å². The molecule has 1 unspecified atom stereocenters. The van der Waals surface area contributed by atoms with Crippen LogP contribution in [0.3, 0.4) is 0 Å². The average Bonchev–Trinajstić information content (AvgIpc) is 2.33. The number of hydrogen-bond acceptors (Lipinski definition) is 2. The third-order valence-corrected chi connectivity index (χ3v) is 4.70. The monoisotopic (exact) mass is 310 g/mol. The molecule has 1 aliphatic carbocycles. The normalized spacial score (nSPS) is 21.6. The minimum Gasteiger partial charge on any atom is -0.489 e. The van der Waals surface area contributed by atoms with Crippen LogP contribution in [0.15, 0.2) is 22.7 Å². The van der Waals surface area contributed by atoms with Gasteiger partial charge in [0.25, 0.3) is 0 Å². The van der Waals surface area contributed by atoms with Gasteiger partial charge in [0.05, 0.1) is 5.41 Å². The van der Waals surface area contributed by atoms with Gasteiger partial charge in [0.2, 0.25) is 0 Å². The van der Waals surface area contributed by atoms with Gasteiger partial charge < -0.3 is 4.74 Å². The standard InChI is InChI=1S/C15H19BrO2/c1-4-15(5-2)13(17)9-14(15)18-12-7-6-11(16)8-10(12)3/h6-8,14H,4-5,9H2,1-3H3. The van der Waals surface area contributed by atoms with Gasteiger partial charge in [0.1, 0.15) is 17.6 Å². The molecule has 1 aliphatic rings. The smallest absolute Gasteiger partial charge is 0.146 e. The Bertz CT molecular complexity index is 464. The molecule has 1 saturated carbocycles. The lowest BCUT2D eigenvalue weighted by Gasteiger charge is -2.46. The zero-order valence-electron chi connectivity index (χ0n) is 11.1. The molecule has 18 heavy (non-hydrogen) atoms. The lowest BCUT2D eigenvalue weighted by molar-refractivity contribution is -0.153. The number of hydrogen-bond donors (Lipinski definition) is 0. The van der Waals surface area contributed by atoms with E-state index in [-0.39, 0.29) is 11.5 Å². The molecule has 0 N–H and O–H groups in total. The van der Waals surface area contributed by atoms with Gasteiger partial charge in [-0.25, -0.2) is 0 Å². The number of Topliss-reactive ketones (excluding diaryl/α,β-unsaturated/α-hetero) is 1. The van der Waals surface area contributed by atoms with Gasteiger partial charge in [0.15, 0.2) is 0 Å². The van der Waals surface area contributed by atoms with Crippen LogP contribution in [0.1, 0.15) is 38.7 Å². The maximum atomic E-state index is 11.9. The topological polar surface area (TPSA) is 26.3 Å². The summed E-state index contributed by atoms with van der Waals surface area (Å²) in [6.45, 7) is 6.18. The van der Waals surface area contributed by atoms with Gasteiger partial charge in [-0.3, -0.25) is 4.79 Å². The van der Waals surface area contributed by atoms with Crippen LogP contribution in [0.25, 0.3) is 0 Å². The van der Waals surface area contributed by atoms with E-state index in [0.29, 0.717) is 12.2 Å². The first-order valence-corrected chi connectivity index (χ1v) is 7.29. The number of rotatable bonds is 4. The van der Waals surface area contributed by atoms with E-state index in [1.165, 1.54) is 0 Å². The van der Waals surface area contributed by atoms with Gasteiger partial charge in [0, 0.05) is 10.9 Å². The minimum atomic E-state index is -0.250. The Labute approximate surface area is 117 Å². The Balaban J connectivity index is 2.17. The minimum absolute atomic E-state index is 0.0416. The Hall–Kier alpha value is -0.830. The molecule has 0 saturated heterocycles. The van der Waals surface area contributed by atoms with Crippen LogP contribution in [-0.2, 0) is 4.79 Å². The molecule has 0 radical (unpaired) electrons. The highest BCUT2D eigenvalue weighted by atomic mass is 79.9. The van der Waals surface area contributed by atoms with Crippen molar-refractivity contribution in [2.24, 2.45) is 5.41 Å². The van der Waals surface area contributed by atoms with E-state index in [4.69, 9.17) is 4.74 Å². The number of benzene rings is 1. The lowest BCUT2D eigenvalue weighted by Crippen LogP contribution is -2.56. The summed E-state index contributed by atoms with van der Waals surface area (Å²) in [5.74, 6) is 1.24. The van der Waals surface area contributed by atoms with Crippen LogP contribution in [0.5, 0.6) is 5.75 Å². The number of carbonyl (C=O) groups is 1. The molecular formula is C15H19BrO2. The molecule has 2 rings (SSSR count). The Morgan fingerprint density at radius 2 is 2.06 bits per heavy atom. The number of ketones is 1. The molecular weight excluding hydrogens is 292 g/mol. The summed E-state index contributed by atoms with van der Waals surface area (Å²) < 4.78 is 7.11. The van der Waals surface area contributed by atoms with E-state index in [2.05, 4.69) is 29.8 Å². The predicted octanol–water partition coefficient (Wildman–Crippen LogP) is 4.28. The summed E-state index contributed by atoms with van der Waals surface area (Å²) in [5, 5.41) is 0. The zero-order valence-corrected chi connectivity index (χ0v) is 12.7. The molecule has 2 nitrogen and oxygen atoms in total. The summed E-state index contributed by atoms with van der Waals surface area (Å²) in [4.78, 5) is 11.9. The molecule has 3 heteroatoms. The molecule has 0 heterocycles. The van der Waals surface area contributed by atoms with Crippen LogP contribution in [0, 0.1) is 12.3 Å². The summed E-state index contributed by atoms with van der Waals surface area (Å²) in [6.07, 6.45) is 2.32. The highest BCUT2D eigenvalue weighted by Crippen LogP contribution is 2.46. The molecule has 0 amide bonds. The summed E-state index contributed by atoms with van der Waals surface area (Å²) in [6, 6.07) is 5.98. The fourth-order valence-electron chi connectivity index (χ4n) is 2.77. The first-order valence-electron chi connectivity index (χ1n) is 6.49. The van der Waals surface area contributed by atoms with Crippen molar-refractivity contribution < 1.29 is 9.53 Å². The fraction of sp³-hybridized carbons (Fsp3) is 0.533. The average molecular weight is 311 g/mol. The molecule has 98 valence electrons. The molecule has 1 atom stereocenters. The molecule has 1 aromatic rings. The number of aryl methyl sites for hydroxylation is 1. The third kappa shape index (κ3) is 2.09. The van der Waals surface area contributed by atoms with Gasteiger partial charge in [-0.05, 0) is 43.5 Å². The Morgan fingerprint density at radius 3 is 2.56 bits per heavy atom. The molecule has 0 spiro atoms.